The van der Waals surface area contributed by atoms with E-state index >= 15 is 0 Å². The lowest BCUT2D eigenvalue weighted by Gasteiger charge is -2.01. The molecule has 0 aliphatic heterocycles. The minimum atomic E-state index is 0.0594. The zero-order chi connectivity index (χ0) is 11.7. The van der Waals surface area contributed by atoms with Gasteiger partial charge >= 0.3 is 0 Å². The highest BCUT2D eigenvalue weighted by Crippen LogP contribution is 2.21. The second-order valence-corrected chi connectivity index (χ2v) is 5.26. The molecule has 1 aromatic heterocycles. The van der Waals surface area contributed by atoms with Crippen molar-refractivity contribution in [1.82, 2.24) is 0 Å². The van der Waals surface area contributed by atoms with E-state index in [4.69, 9.17) is 11.6 Å². The minimum Gasteiger partial charge on any atom is -0.289 e. The van der Waals surface area contributed by atoms with Gasteiger partial charge in [0.2, 0.25) is 0 Å². The van der Waals surface area contributed by atoms with E-state index in [2.05, 4.69) is 0 Å². The van der Waals surface area contributed by atoms with E-state index in [1.54, 1.807) is 23.5 Å². The smallest absolute Gasteiger partial charge is 0.193 e. The predicted octanol–water partition coefficient (Wildman–Crippen LogP) is 4.25. The van der Waals surface area contributed by atoms with Crippen molar-refractivity contribution in [1.29, 1.82) is 0 Å². The Hall–Kier alpha value is -1.12. The summed E-state index contributed by atoms with van der Waals surface area (Å²) in [6.45, 7) is 3.90. The molecule has 0 saturated carbocycles. The van der Waals surface area contributed by atoms with E-state index in [0.29, 0.717) is 10.6 Å². The van der Waals surface area contributed by atoms with Crippen LogP contribution in [-0.2, 0) is 0 Å². The maximum Gasteiger partial charge on any atom is 0.193 e. The van der Waals surface area contributed by atoms with E-state index < -0.39 is 0 Å². The minimum absolute atomic E-state index is 0.0594. The molecule has 16 heavy (non-hydrogen) atoms. The molecule has 2 rings (SSSR count). The average Bonchev–Trinajstić information content (AvgIpc) is 2.68. The van der Waals surface area contributed by atoms with E-state index in [1.807, 2.05) is 31.4 Å². The second-order valence-electron chi connectivity index (χ2n) is 3.74. The van der Waals surface area contributed by atoms with Crippen LogP contribution in [0.2, 0.25) is 5.02 Å². The van der Waals surface area contributed by atoms with Crippen LogP contribution in [0.3, 0.4) is 0 Å². The Bertz CT molecular complexity index is 543. The van der Waals surface area contributed by atoms with Gasteiger partial charge in [0.05, 0.1) is 0 Å². The topological polar surface area (TPSA) is 17.1 Å². The molecule has 0 bridgehead atoms. The number of hydrogen-bond donors (Lipinski definition) is 0. The van der Waals surface area contributed by atoms with Crippen LogP contribution >= 0.6 is 22.9 Å². The van der Waals surface area contributed by atoms with Gasteiger partial charge in [0.25, 0.3) is 0 Å². The van der Waals surface area contributed by atoms with E-state index in [1.165, 1.54) is 0 Å². The van der Waals surface area contributed by atoms with Crippen molar-refractivity contribution in [2.75, 3.05) is 0 Å². The molecule has 82 valence electrons. The average molecular weight is 251 g/mol. The maximum absolute atomic E-state index is 12.1. The normalized spacial score (nSPS) is 10.4. The van der Waals surface area contributed by atoms with Crippen LogP contribution in [0.15, 0.2) is 29.6 Å². The van der Waals surface area contributed by atoms with Crippen molar-refractivity contribution in [2.24, 2.45) is 0 Å². The number of aryl methyl sites for hydroxylation is 2. The molecular weight excluding hydrogens is 240 g/mol. The van der Waals surface area contributed by atoms with Gasteiger partial charge in [0.1, 0.15) is 0 Å². The van der Waals surface area contributed by atoms with Gasteiger partial charge < -0.3 is 0 Å². The molecule has 0 N–H and O–H groups in total. The van der Waals surface area contributed by atoms with Crippen LogP contribution in [0.1, 0.15) is 26.4 Å². The third-order valence-electron chi connectivity index (χ3n) is 2.41. The second kappa shape index (κ2) is 4.40. The predicted molar refractivity (Wildman–Crippen MR) is 68.7 cm³/mol. The maximum atomic E-state index is 12.1. The fraction of sp³-hybridized carbons (Fsp3) is 0.154. The Kier molecular flexibility index (Phi) is 3.13. The van der Waals surface area contributed by atoms with Crippen molar-refractivity contribution in [2.45, 2.75) is 13.8 Å². The Balaban J connectivity index is 2.38. The van der Waals surface area contributed by atoms with E-state index in [0.717, 1.165) is 16.0 Å². The summed E-state index contributed by atoms with van der Waals surface area (Å²) in [6, 6.07) is 7.28. The highest BCUT2D eigenvalue weighted by molar-refractivity contribution is 7.10. The van der Waals surface area contributed by atoms with Crippen molar-refractivity contribution >= 4 is 28.7 Å². The fourth-order valence-electron chi connectivity index (χ4n) is 1.52. The van der Waals surface area contributed by atoms with Crippen LogP contribution in [0, 0.1) is 13.8 Å². The van der Waals surface area contributed by atoms with Crippen LogP contribution in [0.5, 0.6) is 0 Å². The summed E-state index contributed by atoms with van der Waals surface area (Å²) in [5.74, 6) is 0.0594. The Morgan fingerprint density at radius 3 is 2.50 bits per heavy atom. The van der Waals surface area contributed by atoms with Crippen LogP contribution in [0.25, 0.3) is 0 Å². The summed E-state index contributed by atoms with van der Waals surface area (Å²) < 4.78 is 0. The fourth-order valence-corrected chi connectivity index (χ4v) is 2.32. The number of thiophene rings is 1. The van der Waals surface area contributed by atoms with Gasteiger partial charge in [0.15, 0.2) is 5.78 Å². The Morgan fingerprint density at radius 2 is 1.94 bits per heavy atom. The molecule has 0 aliphatic carbocycles. The monoisotopic (exact) mass is 250 g/mol. The Morgan fingerprint density at radius 1 is 1.19 bits per heavy atom. The molecule has 0 saturated heterocycles. The molecule has 0 radical (unpaired) electrons. The molecular formula is C13H11ClOS. The molecule has 1 heterocycles. The molecule has 2 aromatic rings. The highest BCUT2D eigenvalue weighted by atomic mass is 35.5. The van der Waals surface area contributed by atoms with Crippen LogP contribution in [0.4, 0.5) is 0 Å². The first-order valence-electron chi connectivity index (χ1n) is 4.94. The first-order chi connectivity index (χ1) is 7.58. The molecule has 0 amide bonds. The SMILES string of the molecule is Cc1cc(C(=O)c2ccc(Cl)c(C)c2)cs1. The molecule has 0 aliphatic rings. The summed E-state index contributed by atoms with van der Waals surface area (Å²) in [6.07, 6.45) is 0. The largest absolute Gasteiger partial charge is 0.289 e. The first kappa shape index (κ1) is 11.4. The zero-order valence-corrected chi connectivity index (χ0v) is 10.7. The molecule has 0 unspecified atom stereocenters. The summed E-state index contributed by atoms with van der Waals surface area (Å²) in [4.78, 5) is 13.2. The summed E-state index contributed by atoms with van der Waals surface area (Å²) in [5, 5.41) is 2.58. The van der Waals surface area contributed by atoms with Crippen molar-refractivity contribution < 1.29 is 4.79 Å². The van der Waals surface area contributed by atoms with Gasteiger partial charge in [-0.1, -0.05) is 11.6 Å². The van der Waals surface area contributed by atoms with Gasteiger partial charge in [-0.25, -0.2) is 0 Å². The summed E-state index contributed by atoms with van der Waals surface area (Å²) in [5.41, 5.74) is 2.38. The van der Waals surface area contributed by atoms with Gasteiger partial charge in [0, 0.05) is 26.4 Å². The van der Waals surface area contributed by atoms with Gasteiger partial charge in [-0.3, -0.25) is 4.79 Å². The number of ketones is 1. The third kappa shape index (κ3) is 2.18. The quantitative estimate of drug-likeness (QED) is 0.729. The molecule has 0 atom stereocenters. The van der Waals surface area contributed by atoms with Crippen molar-refractivity contribution in [3.63, 3.8) is 0 Å². The van der Waals surface area contributed by atoms with Gasteiger partial charge in [-0.05, 0) is 43.7 Å². The first-order valence-corrected chi connectivity index (χ1v) is 6.19. The summed E-state index contributed by atoms with van der Waals surface area (Å²) in [7, 11) is 0. The Labute approximate surface area is 104 Å². The van der Waals surface area contributed by atoms with Crippen molar-refractivity contribution in [3.05, 3.63) is 56.2 Å². The van der Waals surface area contributed by atoms with Gasteiger partial charge in [-0.2, -0.15) is 0 Å². The number of halogens is 1. The van der Waals surface area contributed by atoms with Gasteiger partial charge in [-0.15, -0.1) is 11.3 Å². The standard InChI is InChI=1S/C13H11ClOS/c1-8-5-10(3-4-12(8)14)13(15)11-6-9(2)16-7-11/h3-7H,1-2H3. The summed E-state index contributed by atoms with van der Waals surface area (Å²) >= 11 is 7.51. The lowest BCUT2D eigenvalue weighted by molar-refractivity contribution is 0.103. The molecule has 1 nitrogen and oxygen atoms in total. The number of hydrogen-bond acceptors (Lipinski definition) is 2. The third-order valence-corrected chi connectivity index (χ3v) is 3.70. The van der Waals surface area contributed by atoms with E-state index in [-0.39, 0.29) is 5.78 Å². The number of benzene rings is 1. The molecule has 3 heteroatoms. The number of carbonyl (C=O) groups excluding carboxylic acids is 1. The lowest BCUT2D eigenvalue weighted by Crippen LogP contribution is -1.99. The van der Waals surface area contributed by atoms with Crippen molar-refractivity contribution in [3.8, 4) is 0 Å². The molecule has 0 fully saturated rings. The molecule has 1 aromatic carbocycles. The lowest BCUT2D eigenvalue weighted by atomic mass is 10.0. The van der Waals surface area contributed by atoms with Crippen LogP contribution in [-0.4, -0.2) is 5.78 Å². The zero-order valence-electron chi connectivity index (χ0n) is 9.08. The van der Waals surface area contributed by atoms with E-state index in [9.17, 15) is 4.79 Å². The number of rotatable bonds is 2. The number of carbonyl (C=O) groups is 1. The highest BCUT2D eigenvalue weighted by Gasteiger charge is 2.11. The molecule has 0 spiro atoms. The van der Waals surface area contributed by atoms with Crippen LogP contribution < -0.4 is 0 Å².